The van der Waals surface area contributed by atoms with E-state index in [1.807, 2.05) is 6.92 Å². The Kier molecular flexibility index (Phi) is 4.67. The van der Waals surface area contributed by atoms with Crippen molar-refractivity contribution in [2.45, 2.75) is 19.8 Å². The van der Waals surface area contributed by atoms with Crippen LogP contribution in [0.3, 0.4) is 0 Å². The van der Waals surface area contributed by atoms with Crippen molar-refractivity contribution >= 4 is 23.5 Å². The topological polar surface area (TPSA) is 90.5 Å². The summed E-state index contributed by atoms with van der Waals surface area (Å²) in [6.07, 6.45) is 2.95. The maximum Gasteiger partial charge on any atom is 0.308 e. The van der Waals surface area contributed by atoms with Gasteiger partial charge in [-0.05, 0) is 18.4 Å². The molecule has 1 fully saturated rings. The maximum atomic E-state index is 12.4. The van der Waals surface area contributed by atoms with Crippen molar-refractivity contribution in [3.8, 4) is 0 Å². The van der Waals surface area contributed by atoms with Crippen molar-refractivity contribution in [2.24, 2.45) is 11.8 Å². The van der Waals surface area contributed by atoms with E-state index in [9.17, 15) is 19.5 Å². The first-order chi connectivity index (χ1) is 9.93. The fourth-order valence-electron chi connectivity index (χ4n) is 2.74. The van der Waals surface area contributed by atoms with Gasteiger partial charge in [0.1, 0.15) is 5.02 Å². The van der Waals surface area contributed by atoms with Gasteiger partial charge in [0.15, 0.2) is 0 Å². The number of nitrogens with one attached hydrogen (secondary N) is 1. The number of aromatic amines is 1. The Morgan fingerprint density at radius 2 is 2.19 bits per heavy atom. The van der Waals surface area contributed by atoms with Crippen LogP contribution < -0.4 is 5.56 Å². The van der Waals surface area contributed by atoms with Crippen LogP contribution in [0.1, 0.15) is 30.1 Å². The van der Waals surface area contributed by atoms with Gasteiger partial charge in [-0.25, -0.2) is 0 Å². The minimum atomic E-state index is -0.872. The molecular weight excluding hydrogens is 296 g/mol. The van der Waals surface area contributed by atoms with E-state index >= 15 is 0 Å². The fourth-order valence-corrected chi connectivity index (χ4v) is 2.91. The number of rotatable bonds is 4. The Bertz CT molecular complexity index is 613. The molecule has 2 N–H and O–H groups in total. The van der Waals surface area contributed by atoms with Crippen molar-refractivity contribution in [2.75, 3.05) is 13.1 Å². The number of hydrogen-bond donors (Lipinski definition) is 2. The van der Waals surface area contributed by atoms with Crippen LogP contribution in [0, 0.1) is 11.8 Å². The van der Waals surface area contributed by atoms with Crippen molar-refractivity contribution < 1.29 is 14.7 Å². The summed E-state index contributed by atoms with van der Waals surface area (Å²) in [5.74, 6) is -1.75. The van der Waals surface area contributed by atoms with Crippen LogP contribution in [0.25, 0.3) is 0 Å². The number of halogens is 1. The number of aromatic nitrogens is 1. The summed E-state index contributed by atoms with van der Waals surface area (Å²) in [7, 11) is 0. The lowest BCUT2D eigenvalue weighted by Gasteiger charge is -2.16. The third kappa shape index (κ3) is 3.26. The van der Waals surface area contributed by atoms with Crippen molar-refractivity contribution in [3.63, 3.8) is 0 Å². The largest absolute Gasteiger partial charge is 0.481 e. The number of nitrogens with zero attached hydrogens (tertiary/aromatic N) is 1. The molecule has 2 heterocycles. The van der Waals surface area contributed by atoms with Gasteiger partial charge in [-0.1, -0.05) is 24.9 Å². The van der Waals surface area contributed by atoms with Gasteiger partial charge < -0.3 is 15.0 Å². The number of H-pyrrole nitrogens is 1. The molecule has 2 atom stereocenters. The Balaban J connectivity index is 2.18. The smallest absolute Gasteiger partial charge is 0.308 e. The SMILES string of the molecule is CCC[C@@H]1CN(C(=O)c2c[nH]c(=O)c(Cl)c2)C[C@H]1C(=O)O. The summed E-state index contributed by atoms with van der Waals surface area (Å²) >= 11 is 5.71. The highest BCUT2D eigenvalue weighted by molar-refractivity contribution is 6.30. The quantitative estimate of drug-likeness (QED) is 0.883. The Morgan fingerprint density at radius 3 is 2.76 bits per heavy atom. The van der Waals surface area contributed by atoms with Gasteiger partial charge in [0.25, 0.3) is 11.5 Å². The standard InChI is InChI=1S/C14H17ClN2O4/c1-2-3-8-6-17(7-10(8)14(20)21)13(19)9-4-11(15)12(18)16-5-9/h4-5,8,10H,2-3,6-7H2,1H3,(H,16,18)(H,20,21)/t8-,10-/m1/s1. The number of carbonyl (C=O) groups excluding carboxylic acids is 1. The van der Waals surface area contributed by atoms with Crippen molar-refractivity contribution in [3.05, 3.63) is 33.2 Å². The lowest BCUT2D eigenvalue weighted by Crippen LogP contribution is -2.30. The summed E-state index contributed by atoms with van der Waals surface area (Å²) in [5, 5.41) is 9.20. The number of aliphatic carboxylic acids is 1. The highest BCUT2D eigenvalue weighted by Crippen LogP contribution is 2.28. The Hall–Kier alpha value is -1.82. The average molecular weight is 313 g/mol. The van der Waals surface area contributed by atoms with Gasteiger partial charge in [0.2, 0.25) is 0 Å². The van der Waals surface area contributed by atoms with E-state index in [-0.39, 0.29) is 29.0 Å². The molecule has 1 aromatic rings. The normalized spacial score (nSPS) is 21.5. The van der Waals surface area contributed by atoms with Gasteiger partial charge in [-0.15, -0.1) is 0 Å². The van der Waals surface area contributed by atoms with Gasteiger partial charge in [-0.2, -0.15) is 0 Å². The monoisotopic (exact) mass is 312 g/mol. The van der Waals surface area contributed by atoms with Crippen molar-refractivity contribution in [1.82, 2.24) is 9.88 Å². The van der Waals surface area contributed by atoms with Crippen LogP contribution in [-0.4, -0.2) is 40.0 Å². The summed E-state index contributed by atoms with van der Waals surface area (Å²) < 4.78 is 0. The molecule has 1 aliphatic rings. The molecule has 0 saturated carbocycles. The number of hydrogen-bond acceptors (Lipinski definition) is 3. The lowest BCUT2D eigenvalue weighted by molar-refractivity contribution is -0.142. The zero-order valence-corrected chi connectivity index (χ0v) is 12.4. The van der Waals surface area contributed by atoms with Gasteiger partial charge in [-0.3, -0.25) is 14.4 Å². The Labute approximate surface area is 126 Å². The zero-order chi connectivity index (χ0) is 15.6. The van der Waals surface area contributed by atoms with Crippen LogP contribution in [0.15, 0.2) is 17.1 Å². The van der Waals surface area contributed by atoms with Crippen LogP contribution in [0.5, 0.6) is 0 Å². The number of amides is 1. The molecule has 0 radical (unpaired) electrons. The average Bonchev–Trinajstić information content (AvgIpc) is 2.86. The fraction of sp³-hybridized carbons (Fsp3) is 0.500. The highest BCUT2D eigenvalue weighted by Gasteiger charge is 2.39. The number of carboxylic acid groups (broad SMARTS) is 1. The molecule has 0 unspecified atom stereocenters. The van der Waals surface area contributed by atoms with E-state index in [0.717, 1.165) is 12.8 Å². The molecule has 1 amide bonds. The first kappa shape index (κ1) is 15.6. The summed E-state index contributed by atoms with van der Waals surface area (Å²) in [6.45, 7) is 2.60. The van der Waals surface area contributed by atoms with Gasteiger partial charge >= 0.3 is 5.97 Å². The van der Waals surface area contributed by atoms with Gasteiger partial charge in [0, 0.05) is 19.3 Å². The first-order valence-corrected chi connectivity index (χ1v) is 7.22. The third-order valence-corrected chi connectivity index (χ3v) is 4.09. The summed E-state index contributed by atoms with van der Waals surface area (Å²) in [4.78, 5) is 38.8. The number of pyridine rings is 1. The molecule has 0 aromatic carbocycles. The number of carboxylic acids is 1. The minimum absolute atomic E-state index is 0.0327. The van der Waals surface area contributed by atoms with Crippen LogP contribution >= 0.6 is 11.6 Å². The van der Waals surface area contributed by atoms with E-state index in [1.54, 1.807) is 0 Å². The van der Waals surface area contributed by atoms with E-state index in [1.165, 1.54) is 17.2 Å². The number of likely N-dealkylation sites (tertiary alicyclic amines) is 1. The predicted molar refractivity (Wildman–Crippen MR) is 77.5 cm³/mol. The molecule has 1 saturated heterocycles. The summed E-state index contributed by atoms with van der Waals surface area (Å²) in [6, 6.07) is 1.31. The number of carbonyl (C=O) groups is 2. The molecule has 1 aromatic heterocycles. The van der Waals surface area contributed by atoms with Crippen LogP contribution in [0.2, 0.25) is 5.02 Å². The molecule has 0 aliphatic carbocycles. The van der Waals surface area contributed by atoms with E-state index < -0.39 is 17.4 Å². The summed E-state index contributed by atoms with van der Waals surface area (Å²) in [5.41, 5.74) is -0.192. The van der Waals surface area contributed by atoms with Crippen LogP contribution in [-0.2, 0) is 4.79 Å². The molecular formula is C14H17ClN2O4. The van der Waals surface area contributed by atoms with Crippen molar-refractivity contribution in [1.29, 1.82) is 0 Å². The minimum Gasteiger partial charge on any atom is -0.481 e. The van der Waals surface area contributed by atoms with E-state index in [4.69, 9.17) is 11.6 Å². The van der Waals surface area contributed by atoms with E-state index in [0.29, 0.717) is 6.54 Å². The molecule has 1 aliphatic heterocycles. The van der Waals surface area contributed by atoms with Crippen LogP contribution in [0.4, 0.5) is 0 Å². The molecule has 0 bridgehead atoms. The third-order valence-electron chi connectivity index (χ3n) is 3.81. The molecule has 21 heavy (non-hydrogen) atoms. The molecule has 7 heteroatoms. The second-order valence-electron chi connectivity index (χ2n) is 5.27. The first-order valence-electron chi connectivity index (χ1n) is 6.84. The Morgan fingerprint density at radius 1 is 1.48 bits per heavy atom. The maximum absolute atomic E-state index is 12.4. The molecule has 6 nitrogen and oxygen atoms in total. The second-order valence-corrected chi connectivity index (χ2v) is 5.68. The van der Waals surface area contributed by atoms with E-state index in [2.05, 4.69) is 4.98 Å². The zero-order valence-electron chi connectivity index (χ0n) is 11.6. The molecule has 0 spiro atoms. The highest BCUT2D eigenvalue weighted by atomic mass is 35.5. The van der Waals surface area contributed by atoms with Gasteiger partial charge in [0.05, 0.1) is 11.5 Å². The molecule has 2 rings (SSSR count). The predicted octanol–water partition coefficient (Wildman–Crippen LogP) is 1.60. The molecule has 114 valence electrons. The lowest BCUT2D eigenvalue weighted by atomic mass is 9.92. The second kappa shape index (κ2) is 6.30.